The van der Waals surface area contributed by atoms with Crippen LogP contribution in [0, 0.1) is 15.9 Å². The second-order valence-electron chi connectivity index (χ2n) is 5.06. The molecule has 1 aromatic rings. The van der Waals surface area contributed by atoms with E-state index in [1.165, 1.54) is 0 Å². The Morgan fingerprint density at radius 3 is 2.65 bits per heavy atom. The van der Waals surface area contributed by atoms with Gasteiger partial charge in [0.15, 0.2) is 0 Å². The summed E-state index contributed by atoms with van der Waals surface area (Å²) in [4.78, 5) is 22.3. The molecule has 0 spiro atoms. The maximum Gasteiger partial charge on any atom is 0.285 e. The second kappa shape index (κ2) is 5.54. The van der Waals surface area contributed by atoms with Crippen LogP contribution in [0.2, 0.25) is 0 Å². The van der Waals surface area contributed by atoms with Gasteiger partial charge in [0.2, 0.25) is 0 Å². The number of hydrogen-bond acceptors (Lipinski definition) is 4. The van der Waals surface area contributed by atoms with E-state index in [-0.39, 0.29) is 12.1 Å². The fourth-order valence-corrected chi connectivity index (χ4v) is 2.59. The molecule has 0 unspecified atom stereocenters. The summed E-state index contributed by atoms with van der Waals surface area (Å²) in [5.74, 6) is -1.33. The Balaban J connectivity index is 2.27. The smallest absolute Gasteiger partial charge is 0.285 e. The van der Waals surface area contributed by atoms with Gasteiger partial charge in [-0.2, -0.15) is 0 Å². The molecule has 0 radical (unpaired) electrons. The number of carbonyl (C=O) groups is 1. The number of halogens is 1. The molecule has 0 saturated heterocycles. The Morgan fingerprint density at radius 1 is 1.45 bits per heavy atom. The van der Waals surface area contributed by atoms with Gasteiger partial charge in [0.25, 0.3) is 11.6 Å². The molecule has 1 saturated carbocycles. The normalized spacial score (nSPS) is 16.9. The first-order valence-electron chi connectivity index (χ1n) is 6.44. The van der Waals surface area contributed by atoms with Crippen LogP contribution in [0.15, 0.2) is 18.2 Å². The SMILES string of the molecule is NCC1(NC(=O)c2ccc(F)cc2[N+](=O)[O-])CCCC1. The zero-order valence-corrected chi connectivity index (χ0v) is 10.9. The van der Waals surface area contributed by atoms with Crippen molar-refractivity contribution in [2.24, 2.45) is 5.73 Å². The highest BCUT2D eigenvalue weighted by Crippen LogP contribution is 2.29. The van der Waals surface area contributed by atoms with E-state index in [0.717, 1.165) is 43.9 Å². The lowest BCUT2D eigenvalue weighted by atomic mass is 9.97. The Labute approximate surface area is 115 Å². The predicted molar refractivity (Wildman–Crippen MR) is 70.8 cm³/mol. The van der Waals surface area contributed by atoms with Crippen LogP contribution in [0.1, 0.15) is 36.0 Å². The summed E-state index contributed by atoms with van der Waals surface area (Å²) in [6.45, 7) is 0.285. The first-order chi connectivity index (χ1) is 9.47. The van der Waals surface area contributed by atoms with E-state index in [1.54, 1.807) is 0 Å². The number of nitrogens with one attached hydrogen (secondary N) is 1. The van der Waals surface area contributed by atoms with Crippen LogP contribution in [0.3, 0.4) is 0 Å². The molecule has 7 heteroatoms. The first kappa shape index (κ1) is 14.4. The van der Waals surface area contributed by atoms with E-state index in [4.69, 9.17) is 5.73 Å². The minimum atomic E-state index is -0.762. The molecule has 1 amide bonds. The number of benzene rings is 1. The summed E-state index contributed by atoms with van der Waals surface area (Å²) in [7, 11) is 0. The Hall–Kier alpha value is -2.02. The molecule has 6 nitrogen and oxygen atoms in total. The van der Waals surface area contributed by atoms with Gasteiger partial charge in [0, 0.05) is 6.54 Å². The van der Waals surface area contributed by atoms with Crippen molar-refractivity contribution in [2.75, 3.05) is 6.54 Å². The first-order valence-corrected chi connectivity index (χ1v) is 6.44. The van der Waals surface area contributed by atoms with Crippen LogP contribution >= 0.6 is 0 Å². The molecular formula is C13H16FN3O3. The van der Waals surface area contributed by atoms with E-state index in [1.807, 2.05) is 0 Å². The molecule has 1 fully saturated rings. The number of carbonyl (C=O) groups excluding carboxylic acids is 1. The summed E-state index contributed by atoms with van der Waals surface area (Å²) in [6, 6.07) is 2.91. The van der Waals surface area contributed by atoms with Crippen molar-refractivity contribution in [3.05, 3.63) is 39.7 Å². The molecule has 1 aliphatic carbocycles. The molecule has 1 aliphatic rings. The van der Waals surface area contributed by atoms with Gasteiger partial charge in [-0.05, 0) is 25.0 Å². The topological polar surface area (TPSA) is 98.3 Å². The van der Waals surface area contributed by atoms with Crippen LogP contribution in [0.4, 0.5) is 10.1 Å². The van der Waals surface area contributed by atoms with Gasteiger partial charge in [0.05, 0.1) is 16.5 Å². The van der Waals surface area contributed by atoms with Crippen LogP contribution in [-0.2, 0) is 0 Å². The number of rotatable bonds is 4. The molecular weight excluding hydrogens is 265 g/mol. The van der Waals surface area contributed by atoms with Gasteiger partial charge in [0.1, 0.15) is 11.4 Å². The Kier molecular flexibility index (Phi) is 3.99. The molecule has 0 aromatic heterocycles. The van der Waals surface area contributed by atoms with E-state index in [2.05, 4.69) is 5.32 Å². The summed E-state index contributed by atoms with van der Waals surface area (Å²) in [6.07, 6.45) is 3.43. The van der Waals surface area contributed by atoms with Crippen molar-refractivity contribution in [3.8, 4) is 0 Å². The number of nitrogens with two attached hydrogens (primary N) is 1. The number of nitrogens with zero attached hydrogens (tertiary/aromatic N) is 1. The van der Waals surface area contributed by atoms with Gasteiger partial charge in [-0.3, -0.25) is 14.9 Å². The molecule has 2 rings (SSSR count). The Morgan fingerprint density at radius 2 is 2.10 bits per heavy atom. The van der Waals surface area contributed by atoms with E-state index in [9.17, 15) is 19.3 Å². The zero-order chi connectivity index (χ0) is 14.8. The van der Waals surface area contributed by atoms with Crippen molar-refractivity contribution in [1.82, 2.24) is 5.32 Å². The number of nitro benzene ring substituents is 1. The summed E-state index contributed by atoms with van der Waals surface area (Å²) in [5.41, 5.74) is 4.53. The maximum atomic E-state index is 13.1. The lowest BCUT2D eigenvalue weighted by Crippen LogP contribution is -2.51. The zero-order valence-electron chi connectivity index (χ0n) is 10.9. The van der Waals surface area contributed by atoms with Gasteiger partial charge in [-0.15, -0.1) is 0 Å². The molecule has 0 aliphatic heterocycles. The van der Waals surface area contributed by atoms with Crippen molar-refractivity contribution in [2.45, 2.75) is 31.2 Å². The highest BCUT2D eigenvalue weighted by Gasteiger charge is 2.35. The third-order valence-electron chi connectivity index (χ3n) is 3.73. The standard InChI is InChI=1S/C13H16FN3O3/c14-9-3-4-10(11(7-9)17(19)20)12(18)16-13(8-15)5-1-2-6-13/h3-4,7H,1-2,5-6,8,15H2,(H,16,18). The summed E-state index contributed by atoms with van der Waals surface area (Å²) >= 11 is 0. The average molecular weight is 281 g/mol. The predicted octanol–water partition coefficient (Wildman–Crippen LogP) is 1.74. The molecule has 20 heavy (non-hydrogen) atoms. The number of amides is 1. The van der Waals surface area contributed by atoms with Gasteiger partial charge in [-0.25, -0.2) is 4.39 Å². The second-order valence-corrected chi connectivity index (χ2v) is 5.06. The minimum absolute atomic E-state index is 0.142. The van der Waals surface area contributed by atoms with E-state index < -0.39 is 27.9 Å². The van der Waals surface area contributed by atoms with Crippen molar-refractivity contribution in [3.63, 3.8) is 0 Å². The fraction of sp³-hybridized carbons (Fsp3) is 0.462. The third kappa shape index (κ3) is 2.77. The lowest BCUT2D eigenvalue weighted by molar-refractivity contribution is -0.385. The van der Waals surface area contributed by atoms with E-state index >= 15 is 0 Å². The highest BCUT2D eigenvalue weighted by molar-refractivity contribution is 5.98. The van der Waals surface area contributed by atoms with Crippen LogP contribution in [0.5, 0.6) is 0 Å². The fourth-order valence-electron chi connectivity index (χ4n) is 2.59. The monoisotopic (exact) mass is 281 g/mol. The van der Waals surface area contributed by atoms with Gasteiger partial charge >= 0.3 is 0 Å². The summed E-state index contributed by atoms with van der Waals surface area (Å²) in [5, 5.41) is 13.7. The van der Waals surface area contributed by atoms with Crippen LogP contribution < -0.4 is 11.1 Å². The van der Waals surface area contributed by atoms with Crippen molar-refractivity contribution in [1.29, 1.82) is 0 Å². The Bertz CT molecular complexity index is 542. The average Bonchev–Trinajstić information content (AvgIpc) is 2.87. The van der Waals surface area contributed by atoms with Crippen LogP contribution in [-0.4, -0.2) is 22.9 Å². The largest absolute Gasteiger partial charge is 0.345 e. The van der Waals surface area contributed by atoms with E-state index in [0.29, 0.717) is 0 Å². The van der Waals surface area contributed by atoms with Crippen LogP contribution in [0.25, 0.3) is 0 Å². The molecule has 1 aromatic carbocycles. The maximum absolute atomic E-state index is 13.1. The number of hydrogen-bond donors (Lipinski definition) is 2. The van der Waals surface area contributed by atoms with Gasteiger partial charge in [-0.1, -0.05) is 12.8 Å². The van der Waals surface area contributed by atoms with Crippen molar-refractivity contribution < 1.29 is 14.1 Å². The quantitative estimate of drug-likeness (QED) is 0.648. The lowest BCUT2D eigenvalue weighted by Gasteiger charge is -2.28. The molecule has 108 valence electrons. The summed E-state index contributed by atoms with van der Waals surface area (Å²) < 4.78 is 13.1. The minimum Gasteiger partial charge on any atom is -0.345 e. The van der Waals surface area contributed by atoms with Gasteiger partial charge < -0.3 is 11.1 Å². The van der Waals surface area contributed by atoms with Crippen molar-refractivity contribution >= 4 is 11.6 Å². The molecule has 0 atom stereocenters. The molecule has 0 heterocycles. The highest BCUT2D eigenvalue weighted by atomic mass is 19.1. The number of nitro groups is 1. The third-order valence-corrected chi connectivity index (χ3v) is 3.73. The molecule has 3 N–H and O–H groups in total. The molecule has 0 bridgehead atoms.